The van der Waals surface area contributed by atoms with Crippen molar-refractivity contribution in [2.45, 2.75) is 25.6 Å². The summed E-state index contributed by atoms with van der Waals surface area (Å²) in [5, 5.41) is 2.96. The summed E-state index contributed by atoms with van der Waals surface area (Å²) >= 11 is 0. The third-order valence-corrected chi connectivity index (χ3v) is 3.25. The maximum Gasteiger partial charge on any atom is 0.317 e. The van der Waals surface area contributed by atoms with Crippen LogP contribution in [0.5, 0.6) is 0 Å². The van der Waals surface area contributed by atoms with Crippen LogP contribution in [0, 0.1) is 0 Å². The minimum Gasteiger partial charge on any atom is -0.379 e. The fourth-order valence-electron chi connectivity index (χ4n) is 2.13. The Hall–Kier alpha value is -1.59. The summed E-state index contributed by atoms with van der Waals surface area (Å²) in [5.41, 5.74) is 7.78. The number of ether oxygens (including phenoxy) is 1. The van der Waals surface area contributed by atoms with Crippen LogP contribution in [0.4, 0.5) is 4.79 Å². The van der Waals surface area contributed by atoms with Gasteiger partial charge in [-0.05, 0) is 17.5 Å². The van der Waals surface area contributed by atoms with E-state index in [2.05, 4.69) is 5.32 Å². The minimum atomic E-state index is -0.0614. The van der Waals surface area contributed by atoms with Crippen LogP contribution in [0.15, 0.2) is 24.3 Å². The van der Waals surface area contributed by atoms with Crippen molar-refractivity contribution in [3.63, 3.8) is 0 Å². The molecular weight excluding hydrogens is 242 g/mol. The summed E-state index contributed by atoms with van der Waals surface area (Å²) in [6.07, 6.45) is 0.891. The Labute approximate surface area is 113 Å². The summed E-state index contributed by atoms with van der Waals surface area (Å²) in [7, 11) is 1.79. The SMILES string of the molecule is CN(Cc1cccc(CN)c1)C(=O)NC1CCOC1. The molecule has 0 saturated carbocycles. The molecule has 5 nitrogen and oxygen atoms in total. The summed E-state index contributed by atoms with van der Waals surface area (Å²) in [6.45, 7) is 2.44. The topological polar surface area (TPSA) is 67.6 Å². The number of rotatable bonds is 4. The zero-order chi connectivity index (χ0) is 13.7. The van der Waals surface area contributed by atoms with Gasteiger partial charge in [0, 0.05) is 26.7 Å². The zero-order valence-electron chi connectivity index (χ0n) is 11.3. The Balaban J connectivity index is 1.88. The van der Waals surface area contributed by atoms with Gasteiger partial charge in [0.25, 0.3) is 0 Å². The number of amides is 2. The van der Waals surface area contributed by atoms with E-state index in [0.717, 1.165) is 24.2 Å². The van der Waals surface area contributed by atoms with E-state index in [1.807, 2.05) is 24.3 Å². The van der Waals surface area contributed by atoms with Crippen molar-refractivity contribution in [1.29, 1.82) is 0 Å². The van der Waals surface area contributed by atoms with Gasteiger partial charge in [-0.2, -0.15) is 0 Å². The molecular formula is C14H21N3O2. The van der Waals surface area contributed by atoms with Gasteiger partial charge in [0.05, 0.1) is 12.6 Å². The number of hydrogen-bond acceptors (Lipinski definition) is 3. The summed E-state index contributed by atoms with van der Waals surface area (Å²) in [4.78, 5) is 13.7. The van der Waals surface area contributed by atoms with E-state index in [4.69, 9.17) is 10.5 Å². The molecule has 19 heavy (non-hydrogen) atoms. The summed E-state index contributed by atoms with van der Waals surface area (Å²) in [6, 6.07) is 8.07. The maximum absolute atomic E-state index is 12.0. The first kappa shape index (κ1) is 13.8. The number of nitrogens with one attached hydrogen (secondary N) is 1. The highest BCUT2D eigenvalue weighted by Gasteiger charge is 2.19. The van der Waals surface area contributed by atoms with E-state index >= 15 is 0 Å². The highest BCUT2D eigenvalue weighted by Crippen LogP contribution is 2.08. The van der Waals surface area contributed by atoms with E-state index < -0.39 is 0 Å². The third-order valence-electron chi connectivity index (χ3n) is 3.25. The fourth-order valence-corrected chi connectivity index (χ4v) is 2.13. The van der Waals surface area contributed by atoms with Crippen LogP contribution in [0.3, 0.4) is 0 Å². The van der Waals surface area contributed by atoms with Gasteiger partial charge in [0.15, 0.2) is 0 Å². The molecule has 1 saturated heterocycles. The zero-order valence-corrected chi connectivity index (χ0v) is 11.3. The van der Waals surface area contributed by atoms with Gasteiger partial charge < -0.3 is 20.7 Å². The lowest BCUT2D eigenvalue weighted by atomic mass is 10.1. The maximum atomic E-state index is 12.0. The van der Waals surface area contributed by atoms with Crippen molar-refractivity contribution in [2.75, 3.05) is 20.3 Å². The average molecular weight is 263 g/mol. The Morgan fingerprint density at radius 1 is 1.53 bits per heavy atom. The molecule has 0 radical (unpaired) electrons. The lowest BCUT2D eigenvalue weighted by molar-refractivity contribution is 0.181. The number of carbonyl (C=O) groups excluding carboxylic acids is 1. The van der Waals surface area contributed by atoms with Crippen molar-refractivity contribution in [3.8, 4) is 0 Å². The molecule has 104 valence electrons. The van der Waals surface area contributed by atoms with Gasteiger partial charge in [0.2, 0.25) is 0 Å². The van der Waals surface area contributed by atoms with E-state index in [-0.39, 0.29) is 12.1 Å². The average Bonchev–Trinajstić information content (AvgIpc) is 2.91. The lowest BCUT2D eigenvalue weighted by Gasteiger charge is -2.20. The largest absolute Gasteiger partial charge is 0.379 e. The standard InChI is InChI=1S/C14H21N3O2/c1-17(14(18)16-13-5-6-19-10-13)9-12-4-2-3-11(7-12)8-15/h2-4,7,13H,5-6,8-10,15H2,1H3,(H,16,18). The Morgan fingerprint density at radius 2 is 2.32 bits per heavy atom. The highest BCUT2D eigenvalue weighted by atomic mass is 16.5. The second-order valence-electron chi connectivity index (χ2n) is 4.89. The van der Waals surface area contributed by atoms with Crippen LogP contribution in [0.2, 0.25) is 0 Å². The number of urea groups is 1. The highest BCUT2D eigenvalue weighted by molar-refractivity contribution is 5.74. The van der Waals surface area contributed by atoms with Crippen molar-refractivity contribution in [3.05, 3.63) is 35.4 Å². The molecule has 5 heteroatoms. The second kappa shape index (κ2) is 6.54. The molecule has 1 aliphatic rings. The van der Waals surface area contributed by atoms with E-state index in [1.165, 1.54) is 0 Å². The van der Waals surface area contributed by atoms with Crippen LogP contribution in [-0.4, -0.2) is 37.2 Å². The molecule has 0 aliphatic carbocycles. The molecule has 0 bridgehead atoms. The van der Waals surface area contributed by atoms with Gasteiger partial charge in [-0.1, -0.05) is 24.3 Å². The molecule has 3 N–H and O–H groups in total. The number of nitrogens with zero attached hydrogens (tertiary/aromatic N) is 1. The van der Waals surface area contributed by atoms with Crippen LogP contribution >= 0.6 is 0 Å². The summed E-state index contributed by atoms with van der Waals surface area (Å²) in [5.74, 6) is 0. The first-order valence-electron chi connectivity index (χ1n) is 6.56. The van der Waals surface area contributed by atoms with Crippen molar-refractivity contribution < 1.29 is 9.53 Å². The normalized spacial score (nSPS) is 18.3. The molecule has 2 amide bonds. The van der Waals surface area contributed by atoms with E-state index in [9.17, 15) is 4.79 Å². The third kappa shape index (κ3) is 3.94. The fraction of sp³-hybridized carbons (Fsp3) is 0.500. The number of nitrogens with two attached hydrogens (primary N) is 1. The van der Waals surface area contributed by atoms with Gasteiger partial charge in [-0.25, -0.2) is 4.79 Å². The van der Waals surface area contributed by atoms with E-state index in [1.54, 1.807) is 11.9 Å². The summed E-state index contributed by atoms with van der Waals surface area (Å²) < 4.78 is 5.24. The molecule has 1 aromatic carbocycles. The van der Waals surface area contributed by atoms with Crippen molar-refractivity contribution in [2.24, 2.45) is 5.73 Å². The predicted molar refractivity (Wildman–Crippen MR) is 73.6 cm³/mol. The lowest BCUT2D eigenvalue weighted by Crippen LogP contribution is -2.43. The van der Waals surface area contributed by atoms with Crippen LogP contribution in [-0.2, 0) is 17.8 Å². The van der Waals surface area contributed by atoms with E-state index in [0.29, 0.717) is 19.7 Å². The first-order valence-corrected chi connectivity index (χ1v) is 6.56. The van der Waals surface area contributed by atoms with Gasteiger partial charge >= 0.3 is 6.03 Å². The number of benzene rings is 1. The van der Waals surface area contributed by atoms with Gasteiger partial charge in [-0.3, -0.25) is 0 Å². The van der Waals surface area contributed by atoms with Crippen molar-refractivity contribution in [1.82, 2.24) is 10.2 Å². The molecule has 0 aromatic heterocycles. The molecule has 2 rings (SSSR count). The molecule has 1 unspecified atom stereocenters. The molecule has 1 atom stereocenters. The van der Waals surface area contributed by atoms with Crippen molar-refractivity contribution >= 4 is 6.03 Å². The van der Waals surface area contributed by atoms with Gasteiger partial charge in [-0.15, -0.1) is 0 Å². The quantitative estimate of drug-likeness (QED) is 0.854. The van der Waals surface area contributed by atoms with Gasteiger partial charge in [0.1, 0.15) is 0 Å². The van der Waals surface area contributed by atoms with Crippen LogP contribution in [0.1, 0.15) is 17.5 Å². The molecule has 0 spiro atoms. The van der Waals surface area contributed by atoms with Crippen LogP contribution in [0.25, 0.3) is 0 Å². The monoisotopic (exact) mass is 263 g/mol. The first-order chi connectivity index (χ1) is 9.19. The second-order valence-corrected chi connectivity index (χ2v) is 4.89. The number of hydrogen-bond donors (Lipinski definition) is 2. The Kier molecular flexibility index (Phi) is 4.76. The van der Waals surface area contributed by atoms with Crippen LogP contribution < -0.4 is 11.1 Å². The Morgan fingerprint density at radius 3 is 3.00 bits per heavy atom. The molecule has 1 aliphatic heterocycles. The molecule has 1 aromatic rings. The Bertz CT molecular complexity index is 430. The minimum absolute atomic E-state index is 0.0614. The molecule has 1 fully saturated rings. The predicted octanol–water partition coefficient (Wildman–Crippen LogP) is 1.08. The smallest absolute Gasteiger partial charge is 0.317 e. The number of carbonyl (C=O) groups is 1. The molecule has 1 heterocycles.